The summed E-state index contributed by atoms with van der Waals surface area (Å²) >= 11 is 0. The van der Waals surface area contributed by atoms with Crippen molar-refractivity contribution in [2.24, 2.45) is 11.5 Å². The third kappa shape index (κ3) is 3.09. The van der Waals surface area contributed by atoms with Crippen LogP contribution in [0.15, 0.2) is 48.1 Å². The first-order chi connectivity index (χ1) is 10.3. The summed E-state index contributed by atoms with van der Waals surface area (Å²) in [6, 6.07) is 7.80. The van der Waals surface area contributed by atoms with Gasteiger partial charge in [-0.05, 0) is 31.6 Å². The summed E-state index contributed by atoms with van der Waals surface area (Å²) in [4.78, 5) is 25.4. The molecule has 0 saturated carbocycles. The molecule has 22 heavy (non-hydrogen) atoms. The van der Waals surface area contributed by atoms with Crippen molar-refractivity contribution in [3.63, 3.8) is 0 Å². The number of rotatable bonds is 5. The van der Waals surface area contributed by atoms with Crippen LogP contribution in [-0.4, -0.2) is 30.8 Å². The normalized spacial score (nSPS) is 20.8. The zero-order valence-corrected chi connectivity index (χ0v) is 12.9. The van der Waals surface area contributed by atoms with Crippen LogP contribution in [0.1, 0.15) is 17.5 Å². The molecule has 0 radical (unpaired) electrons. The minimum atomic E-state index is -0.929. The summed E-state index contributed by atoms with van der Waals surface area (Å²) in [5.41, 5.74) is 12.3. The molecule has 1 aliphatic carbocycles. The number of nitrogens with zero attached hydrogens (tertiary/aromatic N) is 1. The second-order valence-corrected chi connectivity index (χ2v) is 5.83. The third-order valence-corrected chi connectivity index (χ3v) is 3.86. The van der Waals surface area contributed by atoms with Crippen molar-refractivity contribution >= 4 is 11.8 Å². The van der Waals surface area contributed by atoms with Crippen molar-refractivity contribution in [2.45, 2.75) is 18.4 Å². The number of carbonyl (C=O) groups excluding carboxylic acids is 2. The maximum Gasteiger partial charge on any atom is 0.248 e. The summed E-state index contributed by atoms with van der Waals surface area (Å²) < 4.78 is 0. The van der Waals surface area contributed by atoms with E-state index in [1.165, 1.54) is 0 Å². The van der Waals surface area contributed by atoms with E-state index in [4.69, 9.17) is 11.5 Å². The highest BCUT2D eigenvalue weighted by atomic mass is 16.1. The molecule has 0 heterocycles. The van der Waals surface area contributed by atoms with Crippen molar-refractivity contribution in [1.29, 1.82) is 0 Å². The molecule has 1 aliphatic rings. The lowest BCUT2D eigenvalue weighted by atomic mass is 9.73. The van der Waals surface area contributed by atoms with Crippen molar-refractivity contribution in [3.8, 4) is 0 Å². The number of primary amides is 2. The van der Waals surface area contributed by atoms with Gasteiger partial charge in [0.2, 0.25) is 11.8 Å². The largest absolute Gasteiger partial charge is 0.369 e. The highest BCUT2D eigenvalue weighted by molar-refractivity contribution is 5.97. The molecular weight excluding hydrogens is 278 g/mol. The fourth-order valence-corrected chi connectivity index (χ4v) is 2.67. The summed E-state index contributed by atoms with van der Waals surface area (Å²) in [5.74, 6) is -0.943. The van der Waals surface area contributed by atoms with E-state index in [1.807, 2.05) is 38.4 Å². The summed E-state index contributed by atoms with van der Waals surface area (Å²) in [5, 5.41) is 0. The van der Waals surface area contributed by atoms with Crippen LogP contribution in [0.5, 0.6) is 0 Å². The Hall–Kier alpha value is -2.40. The Labute approximate surface area is 130 Å². The molecule has 0 spiro atoms. The molecular formula is C17H21N3O2. The van der Waals surface area contributed by atoms with Gasteiger partial charge in [0.1, 0.15) is 0 Å². The third-order valence-electron chi connectivity index (χ3n) is 3.86. The van der Waals surface area contributed by atoms with Gasteiger partial charge in [-0.2, -0.15) is 0 Å². The Kier molecular flexibility index (Phi) is 4.47. The maximum atomic E-state index is 12.1. The first-order valence-corrected chi connectivity index (χ1v) is 7.08. The standard InChI is InChI=1S/C17H21N3O2/c1-20(2)11-12-4-3-5-14(10-12)17(16(19)22)8-6-13(7-9-17)15(18)21/h3-8,10H,9,11H2,1-2H3,(H2,18,21)(H2,19,22). The number of nitrogens with two attached hydrogens (primary N) is 2. The quantitative estimate of drug-likeness (QED) is 0.844. The average molecular weight is 299 g/mol. The van der Waals surface area contributed by atoms with Crippen LogP contribution < -0.4 is 11.5 Å². The molecule has 116 valence electrons. The fraction of sp³-hybridized carbons (Fsp3) is 0.294. The average Bonchev–Trinajstić information content (AvgIpc) is 2.46. The second kappa shape index (κ2) is 6.15. The van der Waals surface area contributed by atoms with E-state index < -0.39 is 17.2 Å². The van der Waals surface area contributed by atoms with Crippen molar-refractivity contribution in [2.75, 3.05) is 14.1 Å². The molecule has 0 fully saturated rings. The molecule has 1 aromatic carbocycles. The minimum absolute atomic E-state index is 0.336. The van der Waals surface area contributed by atoms with Gasteiger partial charge in [0.15, 0.2) is 0 Å². The van der Waals surface area contributed by atoms with Crippen molar-refractivity contribution in [1.82, 2.24) is 4.90 Å². The van der Waals surface area contributed by atoms with Gasteiger partial charge in [-0.25, -0.2) is 0 Å². The number of amides is 2. The molecule has 2 rings (SSSR count). The predicted octanol–water partition coefficient (Wildman–Crippen LogP) is 0.843. The molecule has 0 aliphatic heterocycles. The SMILES string of the molecule is CN(C)Cc1cccc(C2(C(N)=O)C=CC(C(N)=O)=CC2)c1. The Bertz CT molecular complexity index is 662. The number of carbonyl (C=O) groups is 2. The summed E-state index contributed by atoms with van der Waals surface area (Å²) in [6.07, 6.45) is 5.27. The first-order valence-electron chi connectivity index (χ1n) is 7.08. The number of allylic oxidation sites excluding steroid dienone is 1. The zero-order valence-electron chi connectivity index (χ0n) is 12.9. The van der Waals surface area contributed by atoms with Crippen LogP contribution in [-0.2, 0) is 21.5 Å². The van der Waals surface area contributed by atoms with E-state index in [2.05, 4.69) is 4.90 Å². The Morgan fingerprint density at radius 3 is 2.50 bits per heavy atom. The smallest absolute Gasteiger partial charge is 0.248 e. The monoisotopic (exact) mass is 299 g/mol. The lowest BCUT2D eigenvalue weighted by molar-refractivity contribution is -0.122. The number of benzene rings is 1. The van der Waals surface area contributed by atoms with E-state index in [-0.39, 0.29) is 0 Å². The van der Waals surface area contributed by atoms with E-state index >= 15 is 0 Å². The molecule has 5 heteroatoms. The van der Waals surface area contributed by atoms with Gasteiger partial charge in [-0.3, -0.25) is 9.59 Å². The molecule has 1 aromatic rings. The first kappa shape index (κ1) is 16.0. The van der Waals surface area contributed by atoms with E-state index in [1.54, 1.807) is 18.2 Å². The van der Waals surface area contributed by atoms with Gasteiger partial charge in [-0.1, -0.05) is 42.5 Å². The van der Waals surface area contributed by atoms with E-state index in [0.29, 0.717) is 12.0 Å². The van der Waals surface area contributed by atoms with Gasteiger partial charge >= 0.3 is 0 Å². The van der Waals surface area contributed by atoms with E-state index in [9.17, 15) is 9.59 Å². The van der Waals surface area contributed by atoms with Gasteiger partial charge < -0.3 is 16.4 Å². The molecule has 1 unspecified atom stereocenters. The number of hydrogen-bond acceptors (Lipinski definition) is 3. The van der Waals surface area contributed by atoms with Gasteiger partial charge in [-0.15, -0.1) is 0 Å². The Morgan fingerprint density at radius 1 is 1.27 bits per heavy atom. The summed E-state index contributed by atoms with van der Waals surface area (Å²) in [7, 11) is 3.97. The molecule has 5 nitrogen and oxygen atoms in total. The van der Waals surface area contributed by atoms with Crippen LogP contribution in [0, 0.1) is 0 Å². The molecule has 4 N–H and O–H groups in total. The van der Waals surface area contributed by atoms with Crippen molar-refractivity contribution in [3.05, 3.63) is 59.2 Å². The fourth-order valence-electron chi connectivity index (χ4n) is 2.67. The lowest BCUT2D eigenvalue weighted by Gasteiger charge is -2.30. The molecule has 2 amide bonds. The lowest BCUT2D eigenvalue weighted by Crippen LogP contribution is -2.40. The molecule has 1 atom stereocenters. The van der Waals surface area contributed by atoms with E-state index in [0.717, 1.165) is 17.7 Å². The van der Waals surface area contributed by atoms with Crippen LogP contribution in [0.2, 0.25) is 0 Å². The maximum absolute atomic E-state index is 12.1. The molecule has 0 bridgehead atoms. The minimum Gasteiger partial charge on any atom is -0.369 e. The van der Waals surface area contributed by atoms with Crippen LogP contribution >= 0.6 is 0 Å². The van der Waals surface area contributed by atoms with Crippen LogP contribution in [0.4, 0.5) is 0 Å². The Balaban J connectivity index is 2.41. The van der Waals surface area contributed by atoms with Gasteiger partial charge in [0.25, 0.3) is 0 Å². The number of hydrogen-bond donors (Lipinski definition) is 2. The second-order valence-electron chi connectivity index (χ2n) is 5.83. The molecule has 0 saturated heterocycles. The topological polar surface area (TPSA) is 89.4 Å². The zero-order chi connectivity index (χ0) is 16.3. The van der Waals surface area contributed by atoms with Crippen LogP contribution in [0.25, 0.3) is 0 Å². The van der Waals surface area contributed by atoms with Gasteiger partial charge in [0.05, 0.1) is 5.41 Å². The highest BCUT2D eigenvalue weighted by Crippen LogP contribution is 2.34. The predicted molar refractivity (Wildman–Crippen MR) is 85.7 cm³/mol. The molecule has 0 aromatic heterocycles. The summed E-state index contributed by atoms with van der Waals surface area (Å²) in [6.45, 7) is 0.773. The van der Waals surface area contributed by atoms with Gasteiger partial charge in [0, 0.05) is 12.1 Å². The highest BCUT2D eigenvalue weighted by Gasteiger charge is 2.37. The Morgan fingerprint density at radius 2 is 2.00 bits per heavy atom. The van der Waals surface area contributed by atoms with Crippen molar-refractivity contribution < 1.29 is 9.59 Å². The van der Waals surface area contributed by atoms with Crippen LogP contribution in [0.3, 0.4) is 0 Å².